The van der Waals surface area contributed by atoms with Gasteiger partial charge in [-0.1, -0.05) is 18.7 Å². The third kappa shape index (κ3) is 5.32. The average Bonchev–Trinajstić information content (AvgIpc) is 2.94. The molecule has 0 spiro atoms. The van der Waals surface area contributed by atoms with Crippen molar-refractivity contribution in [1.82, 2.24) is 24.4 Å². The number of pyridine rings is 2. The molecule has 194 valence electrons. The van der Waals surface area contributed by atoms with E-state index in [9.17, 15) is 9.59 Å². The van der Waals surface area contributed by atoms with Gasteiger partial charge in [0.05, 0.1) is 17.6 Å². The van der Waals surface area contributed by atoms with Crippen molar-refractivity contribution in [1.29, 1.82) is 0 Å². The van der Waals surface area contributed by atoms with Crippen molar-refractivity contribution in [2.75, 3.05) is 48.8 Å². The number of fused-ring (bicyclic) bond motifs is 1. The Bertz CT molecular complexity index is 1540. The lowest BCUT2D eigenvalue weighted by Gasteiger charge is -2.33. The molecule has 1 fully saturated rings. The van der Waals surface area contributed by atoms with Crippen LogP contribution in [0.2, 0.25) is 0 Å². The maximum atomic E-state index is 13.1. The number of hydrogen-bond donors (Lipinski definition) is 2. The van der Waals surface area contributed by atoms with Crippen LogP contribution in [0, 0.1) is 0 Å². The molecule has 1 aromatic carbocycles. The van der Waals surface area contributed by atoms with Gasteiger partial charge < -0.3 is 25.2 Å². The number of nitrogens with one attached hydrogen (secondary N) is 2. The van der Waals surface area contributed by atoms with E-state index < -0.39 is 0 Å². The van der Waals surface area contributed by atoms with Gasteiger partial charge in [-0.25, -0.2) is 9.97 Å². The topological polar surface area (TPSA) is 118 Å². The van der Waals surface area contributed by atoms with E-state index in [0.717, 1.165) is 43.8 Å². The van der Waals surface area contributed by atoms with Crippen LogP contribution in [0.25, 0.3) is 11.0 Å². The molecule has 0 saturated carbocycles. The van der Waals surface area contributed by atoms with E-state index in [1.807, 2.05) is 12.1 Å². The van der Waals surface area contributed by atoms with Crippen LogP contribution < -0.4 is 25.8 Å². The number of carbonyl (C=O) groups excluding carboxylic acids is 1. The lowest BCUT2D eigenvalue weighted by atomic mass is 10.2. The largest absolute Gasteiger partial charge is 0.449 e. The predicted octanol–water partition coefficient (Wildman–Crippen LogP) is 3.14. The highest BCUT2D eigenvalue weighted by molar-refractivity contribution is 5.99. The number of amides is 1. The molecule has 4 aromatic rings. The van der Waals surface area contributed by atoms with Crippen LogP contribution in [0.1, 0.15) is 0 Å². The SMILES string of the molecule is C=CC(=O)Nc1ccccc1Oc1cc2cnc(Nc3ccc(N4CCN(C)CC4)nc3)nc2n(C)c1=O. The number of hydrogen-bond acceptors (Lipinski definition) is 9. The Balaban J connectivity index is 1.36. The number of ether oxygens (including phenoxy) is 1. The number of piperazine rings is 1. The molecular formula is C27H28N8O3. The van der Waals surface area contributed by atoms with Crippen LogP contribution in [-0.4, -0.2) is 63.6 Å². The second-order valence-corrected chi connectivity index (χ2v) is 8.96. The Kier molecular flexibility index (Phi) is 7.00. The number of carbonyl (C=O) groups is 1. The van der Waals surface area contributed by atoms with Crippen LogP contribution >= 0.6 is 0 Å². The average molecular weight is 513 g/mol. The number of rotatable bonds is 7. The molecule has 0 unspecified atom stereocenters. The van der Waals surface area contributed by atoms with E-state index in [0.29, 0.717) is 28.4 Å². The molecule has 0 radical (unpaired) electrons. The number of anilines is 4. The first-order valence-electron chi connectivity index (χ1n) is 12.1. The monoisotopic (exact) mass is 512 g/mol. The van der Waals surface area contributed by atoms with Crippen molar-refractivity contribution in [3.63, 3.8) is 0 Å². The van der Waals surface area contributed by atoms with Gasteiger partial charge in [0.25, 0.3) is 5.56 Å². The first kappa shape index (κ1) is 24.9. The molecule has 4 heterocycles. The molecule has 1 amide bonds. The number of likely N-dealkylation sites (N-methyl/N-ethyl adjacent to an activating group) is 1. The predicted molar refractivity (Wildman–Crippen MR) is 147 cm³/mol. The molecule has 1 aliphatic heterocycles. The van der Waals surface area contributed by atoms with Crippen molar-refractivity contribution in [3.05, 3.63) is 77.9 Å². The molecule has 11 heteroatoms. The zero-order valence-corrected chi connectivity index (χ0v) is 21.2. The zero-order valence-electron chi connectivity index (χ0n) is 21.2. The van der Waals surface area contributed by atoms with E-state index >= 15 is 0 Å². The molecule has 11 nitrogen and oxygen atoms in total. The third-order valence-corrected chi connectivity index (χ3v) is 6.30. The lowest BCUT2D eigenvalue weighted by Crippen LogP contribution is -2.44. The quantitative estimate of drug-likeness (QED) is 0.360. The van der Waals surface area contributed by atoms with Gasteiger partial charge in [0.15, 0.2) is 11.5 Å². The van der Waals surface area contributed by atoms with Crippen LogP contribution in [0.15, 0.2) is 72.3 Å². The van der Waals surface area contributed by atoms with Crippen molar-refractivity contribution in [2.24, 2.45) is 7.05 Å². The summed E-state index contributed by atoms with van der Waals surface area (Å²) in [5.74, 6) is 1.29. The normalized spacial score (nSPS) is 13.8. The summed E-state index contributed by atoms with van der Waals surface area (Å²) in [4.78, 5) is 42.9. The lowest BCUT2D eigenvalue weighted by molar-refractivity contribution is -0.111. The minimum atomic E-state index is -0.384. The van der Waals surface area contributed by atoms with Gasteiger partial charge in [-0.2, -0.15) is 4.98 Å². The summed E-state index contributed by atoms with van der Waals surface area (Å²) in [7, 11) is 3.74. The molecule has 38 heavy (non-hydrogen) atoms. The van der Waals surface area contributed by atoms with Gasteiger partial charge >= 0.3 is 0 Å². The third-order valence-electron chi connectivity index (χ3n) is 6.30. The van der Waals surface area contributed by atoms with Crippen molar-refractivity contribution < 1.29 is 9.53 Å². The Labute approximate surface area is 219 Å². The molecule has 5 rings (SSSR count). The number of aryl methyl sites for hydroxylation is 1. The van der Waals surface area contributed by atoms with Crippen molar-refractivity contribution >= 4 is 40.1 Å². The Morgan fingerprint density at radius 3 is 2.55 bits per heavy atom. The molecule has 0 atom stereocenters. The Morgan fingerprint density at radius 1 is 1.03 bits per heavy atom. The fourth-order valence-electron chi connectivity index (χ4n) is 4.12. The van der Waals surface area contributed by atoms with Crippen LogP contribution in [0.4, 0.5) is 23.1 Å². The standard InChI is InChI=1S/C27H28N8O3/c1-4-24(36)31-20-7-5-6-8-21(20)38-22-15-18-16-29-27(32-25(18)34(3)26(22)37)30-19-9-10-23(28-17-19)35-13-11-33(2)12-14-35/h4-10,15-17H,1,11-14H2,2-3H3,(H,31,36)(H,29,30,32). The molecule has 2 N–H and O–H groups in total. The second kappa shape index (κ2) is 10.7. The fraction of sp³-hybridized carbons (Fsp3) is 0.222. The molecule has 1 saturated heterocycles. The Hall–Kier alpha value is -4.77. The first-order valence-corrected chi connectivity index (χ1v) is 12.1. The maximum Gasteiger partial charge on any atom is 0.294 e. The smallest absolute Gasteiger partial charge is 0.294 e. The maximum absolute atomic E-state index is 13.1. The van der Waals surface area contributed by atoms with Gasteiger partial charge in [0.1, 0.15) is 11.5 Å². The van der Waals surface area contributed by atoms with Gasteiger partial charge in [-0.3, -0.25) is 14.2 Å². The second-order valence-electron chi connectivity index (χ2n) is 8.96. The van der Waals surface area contributed by atoms with Gasteiger partial charge in [0.2, 0.25) is 11.9 Å². The summed E-state index contributed by atoms with van der Waals surface area (Å²) in [6.45, 7) is 7.36. The number of benzene rings is 1. The van der Waals surface area contributed by atoms with Crippen LogP contribution in [-0.2, 0) is 11.8 Å². The summed E-state index contributed by atoms with van der Waals surface area (Å²) in [6, 6.07) is 12.3. The minimum absolute atomic E-state index is 0.0771. The van der Waals surface area contributed by atoms with Crippen molar-refractivity contribution in [2.45, 2.75) is 0 Å². The van der Waals surface area contributed by atoms with E-state index in [1.54, 1.807) is 49.8 Å². The minimum Gasteiger partial charge on any atom is -0.449 e. The molecular weight excluding hydrogens is 484 g/mol. The number of para-hydroxylation sites is 2. The Morgan fingerprint density at radius 2 is 1.82 bits per heavy atom. The molecule has 0 bridgehead atoms. The fourth-order valence-corrected chi connectivity index (χ4v) is 4.12. The summed E-state index contributed by atoms with van der Waals surface area (Å²) >= 11 is 0. The highest BCUT2D eigenvalue weighted by atomic mass is 16.5. The highest BCUT2D eigenvalue weighted by Crippen LogP contribution is 2.29. The van der Waals surface area contributed by atoms with E-state index in [1.165, 1.54) is 4.57 Å². The van der Waals surface area contributed by atoms with E-state index in [4.69, 9.17) is 4.74 Å². The summed E-state index contributed by atoms with van der Waals surface area (Å²) < 4.78 is 7.30. The van der Waals surface area contributed by atoms with Gasteiger partial charge in [0, 0.05) is 44.8 Å². The number of nitrogens with zero attached hydrogens (tertiary/aromatic N) is 6. The van der Waals surface area contributed by atoms with Crippen LogP contribution in [0.3, 0.4) is 0 Å². The van der Waals surface area contributed by atoms with Crippen LogP contribution in [0.5, 0.6) is 11.5 Å². The summed E-state index contributed by atoms with van der Waals surface area (Å²) in [5, 5.41) is 6.45. The zero-order chi connectivity index (χ0) is 26.6. The van der Waals surface area contributed by atoms with Gasteiger partial charge in [-0.15, -0.1) is 0 Å². The molecule has 3 aromatic heterocycles. The van der Waals surface area contributed by atoms with Gasteiger partial charge in [-0.05, 0) is 43.5 Å². The number of aromatic nitrogens is 4. The van der Waals surface area contributed by atoms with E-state index in [-0.39, 0.29) is 17.2 Å². The molecule has 0 aliphatic carbocycles. The van der Waals surface area contributed by atoms with E-state index in [2.05, 4.69) is 49.0 Å². The summed E-state index contributed by atoms with van der Waals surface area (Å²) in [5.41, 5.74) is 1.22. The summed E-state index contributed by atoms with van der Waals surface area (Å²) in [6.07, 6.45) is 4.53. The molecule has 1 aliphatic rings. The first-order chi connectivity index (χ1) is 18.4. The highest BCUT2D eigenvalue weighted by Gasteiger charge is 2.16. The van der Waals surface area contributed by atoms with Crippen molar-refractivity contribution in [3.8, 4) is 11.5 Å².